The highest BCUT2D eigenvalue weighted by atomic mass is 32.2. The minimum absolute atomic E-state index is 0.108. The number of nitro groups is 1. The highest BCUT2D eigenvalue weighted by molar-refractivity contribution is 7.99. The molecular formula is C14H8N2O4S. The molecule has 7 heteroatoms. The first-order valence-electron chi connectivity index (χ1n) is 5.71. The Morgan fingerprint density at radius 2 is 2.05 bits per heavy atom. The molecule has 0 aliphatic rings. The summed E-state index contributed by atoms with van der Waals surface area (Å²) in [6.45, 7) is 0. The monoisotopic (exact) mass is 300 g/mol. The summed E-state index contributed by atoms with van der Waals surface area (Å²) in [6, 6.07) is 12.1. The molecule has 0 aliphatic heterocycles. The Bertz CT molecular complexity index is 768. The fraction of sp³-hybridized carbons (Fsp3) is 0. The Morgan fingerprint density at radius 3 is 2.67 bits per heavy atom. The van der Waals surface area contributed by atoms with Crippen LogP contribution in [0.15, 0.2) is 52.3 Å². The van der Waals surface area contributed by atoms with Crippen molar-refractivity contribution in [3.8, 4) is 6.07 Å². The minimum Gasteiger partial charge on any atom is -0.478 e. The Hall–Kier alpha value is -2.85. The van der Waals surface area contributed by atoms with Gasteiger partial charge in [0.25, 0.3) is 5.69 Å². The van der Waals surface area contributed by atoms with Crippen molar-refractivity contribution in [3.05, 3.63) is 63.7 Å². The Balaban J connectivity index is 2.40. The first-order valence-corrected chi connectivity index (χ1v) is 6.52. The van der Waals surface area contributed by atoms with Gasteiger partial charge in [-0.15, -0.1) is 0 Å². The second-order valence-corrected chi connectivity index (χ2v) is 5.10. The van der Waals surface area contributed by atoms with E-state index in [1.165, 1.54) is 30.3 Å². The number of aromatic carboxylic acids is 1. The number of carbonyl (C=O) groups is 1. The summed E-state index contributed by atoms with van der Waals surface area (Å²) < 4.78 is 0. The van der Waals surface area contributed by atoms with Gasteiger partial charge in [0.1, 0.15) is 0 Å². The SMILES string of the molecule is N#Cc1ccc(Sc2cccc(C(=O)O)c2)c([N+](=O)[O-])c1. The maximum atomic E-state index is 11.0. The quantitative estimate of drug-likeness (QED) is 0.686. The van der Waals surface area contributed by atoms with Gasteiger partial charge in [-0.2, -0.15) is 5.26 Å². The number of carboxylic acids is 1. The van der Waals surface area contributed by atoms with Crippen LogP contribution in [0, 0.1) is 21.4 Å². The molecule has 0 amide bonds. The Morgan fingerprint density at radius 1 is 1.29 bits per heavy atom. The van der Waals surface area contributed by atoms with E-state index in [-0.39, 0.29) is 16.8 Å². The molecule has 0 heterocycles. The van der Waals surface area contributed by atoms with Crippen LogP contribution in [-0.4, -0.2) is 16.0 Å². The lowest BCUT2D eigenvalue weighted by Crippen LogP contribution is -1.95. The number of nitrogens with zero attached hydrogens (tertiary/aromatic N) is 2. The lowest BCUT2D eigenvalue weighted by Gasteiger charge is -2.04. The van der Waals surface area contributed by atoms with Crippen LogP contribution < -0.4 is 0 Å². The molecule has 104 valence electrons. The lowest BCUT2D eigenvalue weighted by molar-refractivity contribution is -0.387. The van der Waals surface area contributed by atoms with Crippen LogP contribution in [0.1, 0.15) is 15.9 Å². The van der Waals surface area contributed by atoms with Crippen molar-refractivity contribution in [2.24, 2.45) is 0 Å². The van der Waals surface area contributed by atoms with E-state index in [0.717, 1.165) is 11.8 Å². The van der Waals surface area contributed by atoms with Crippen LogP contribution in [0.25, 0.3) is 0 Å². The topological polar surface area (TPSA) is 104 Å². The molecule has 0 saturated heterocycles. The molecule has 0 spiro atoms. The fourth-order valence-electron chi connectivity index (χ4n) is 1.64. The fourth-order valence-corrected chi connectivity index (χ4v) is 2.60. The second kappa shape index (κ2) is 6.07. The number of hydrogen-bond acceptors (Lipinski definition) is 5. The van der Waals surface area contributed by atoms with Gasteiger partial charge >= 0.3 is 5.97 Å². The molecule has 0 aliphatic carbocycles. The number of rotatable bonds is 4. The zero-order valence-electron chi connectivity index (χ0n) is 10.5. The van der Waals surface area contributed by atoms with Crippen molar-refractivity contribution in [1.29, 1.82) is 5.26 Å². The largest absolute Gasteiger partial charge is 0.478 e. The smallest absolute Gasteiger partial charge is 0.335 e. The second-order valence-electron chi connectivity index (χ2n) is 3.99. The maximum Gasteiger partial charge on any atom is 0.335 e. The number of carboxylic acid groups (broad SMARTS) is 1. The van der Waals surface area contributed by atoms with Gasteiger partial charge in [0, 0.05) is 11.0 Å². The van der Waals surface area contributed by atoms with E-state index in [4.69, 9.17) is 10.4 Å². The van der Waals surface area contributed by atoms with E-state index in [0.29, 0.717) is 9.79 Å². The van der Waals surface area contributed by atoms with Crippen LogP contribution in [0.4, 0.5) is 5.69 Å². The molecule has 0 aromatic heterocycles. The van der Waals surface area contributed by atoms with Gasteiger partial charge in [-0.1, -0.05) is 17.8 Å². The molecule has 0 radical (unpaired) electrons. The average Bonchev–Trinajstić information content (AvgIpc) is 2.47. The number of benzene rings is 2. The molecule has 2 aromatic rings. The van der Waals surface area contributed by atoms with Gasteiger partial charge in [0.15, 0.2) is 0 Å². The van der Waals surface area contributed by atoms with Crippen molar-refractivity contribution in [2.75, 3.05) is 0 Å². The molecule has 0 atom stereocenters. The minimum atomic E-state index is -1.06. The van der Waals surface area contributed by atoms with Crippen molar-refractivity contribution < 1.29 is 14.8 Å². The molecule has 21 heavy (non-hydrogen) atoms. The molecule has 0 saturated carbocycles. The molecule has 6 nitrogen and oxygen atoms in total. The van der Waals surface area contributed by atoms with E-state index in [2.05, 4.69) is 0 Å². The lowest BCUT2D eigenvalue weighted by atomic mass is 10.2. The Labute approximate surface area is 123 Å². The zero-order valence-corrected chi connectivity index (χ0v) is 11.3. The number of nitriles is 1. The average molecular weight is 300 g/mol. The van der Waals surface area contributed by atoms with E-state index in [1.54, 1.807) is 12.1 Å². The van der Waals surface area contributed by atoms with Gasteiger partial charge in [-0.25, -0.2) is 4.79 Å². The van der Waals surface area contributed by atoms with E-state index < -0.39 is 10.9 Å². The first kappa shape index (κ1) is 14.6. The normalized spacial score (nSPS) is 9.86. The van der Waals surface area contributed by atoms with Crippen LogP contribution in [0.5, 0.6) is 0 Å². The summed E-state index contributed by atoms with van der Waals surface area (Å²) >= 11 is 1.08. The molecule has 2 aromatic carbocycles. The van der Waals surface area contributed by atoms with Crippen molar-refractivity contribution in [1.82, 2.24) is 0 Å². The van der Waals surface area contributed by atoms with Gasteiger partial charge < -0.3 is 5.11 Å². The predicted molar refractivity (Wildman–Crippen MR) is 75.3 cm³/mol. The molecule has 0 fully saturated rings. The summed E-state index contributed by atoms with van der Waals surface area (Å²) in [5.41, 5.74) is 0.126. The van der Waals surface area contributed by atoms with E-state index >= 15 is 0 Å². The maximum absolute atomic E-state index is 11.0. The van der Waals surface area contributed by atoms with Gasteiger partial charge in [-0.05, 0) is 30.3 Å². The third-order valence-electron chi connectivity index (χ3n) is 2.59. The van der Waals surface area contributed by atoms with Crippen molar-refractivity contribution in [3.63, 3.8) is 0 Å². The molecule has 0 bridgehead atoms. The van der Waals surface area contributed by atoms with Gasteiger partial charge in [0.05, 0.1) is 27.0 Å². The van der Waals surface area contributed by atoms with Crippen LogP contribution in [0.3, 0.4) is 0 Å². The molecule has 2 rings (SSSR count). The molecule has 0 unspecified atom stereocenters. The molecular weight excluding hydrogens is 292 g/mol. The first-order chi connectivity index (χ1) is 10.0. The predicted octanol–water partition coefficient (Wildman–Crippen LogP) is 3.32. The zero-order chi connectivity index (χ0) is 15.4. The van der Waals surface area contributed by atoms with Crippen LogP contribution in [-0.2, 0) is 0 Å². The van der Waals surface area contributed by atoms with Crippen molar-refractivity contribution in [2.45, 2.75) is 9.79 Å². The number of nitro benzene ring substituents is 1. The summed E-state index contributed by atoms with van der Waals surface area (Å²) in [5.74, 6) is -1.06. The highest BCUT2D eigenvalue weighted by Gasteiger charge is 2.16. The van der Waals surface area contributed by atoms with Gasteiger partial charge in [-0.3, -0.25) is 10.1 Å². The highest BCUT2D eigenvalue weighted by Crippen LogP contribution is 2.35. The summed E-state index contributed by atoms with van der Waals surface area (Å²) in [6.07, 6.45) is 0. The number of hydrogen-bond donors (Lipinski definition) is 1. The standard InChI is InChI=1S/C14H8N2O4S/c15-8-9-4-5-13(12(6-9)16(19)20)21-11-3-1-2-10(7-11)14(17)18/h1-7H,(H,17,18). The summed E-state index contributed by atoms with van der Waals surface area (Å²) in [4.78, 5) is 22.3. The summed E-state index contributed by atoms with van der Waals surface area (Å²) in [7, 11) is 0. The third-order valence-corrected chi connectivity index (χ3v) is 3.65. The summed E-state index contributed by atoms with van der Waals surface area (Å²) in [5, 5.41) is 28.8. The Kier molecular flexibility index (Phi) is 4.21. The molecule has 1 N–H and O–H groups in total. The van der Waals surface area contributed by atoms with E-state index in [9.17, 15) is 14.9 Å². The van der Waals surface area contributed by atoms with E-state index in [1.807, 2.05) is 6.07 Å². The third kappa shape index (κ3) is 3.38. The van der Waals surface area contributed by atoms with Crippen molar-refractivity contribution >= 4 is 23.4 Å². The van der Waals surface area contributed by atoms with Crippen LogP contribution >= 0.6 is 11.8 Å². The van der Waals surface area contributed by atoms with Crippen LogP contribution in [0.2, 0.25) is 0 Å². The van der Waals surface area contributed by atoms with Gasteiger partial charge in [0.2, 0.25) is 0 Å².